The van der Waals surface area contributed by atoms with Crippen molar-refractivity contribution < 1.29 is 9.18 Å². The number of nitrogens with one attached hydrogen (secondary N) is 1. The summed E-state index contributed by atoms with van der Waals surface area (Å²) >= 11 is 0. The van der Waals surface area contributed by atoms with Gasteiger partial charge < -0.3 is 4.90 Å². The predicted molar refractivity (Wildman–Crippen MR) is 121 cm³/mol. The molecule has 0 bridgehead atoms. The molecule has 1 aliphatic rings. The number of benzene rings is 2. The van der Waals surface area contributed by atoms with Crippen LogP contribution in [0.5, 0.6) is 0 Å². The minimum absolute atomic E-state index is 0.114. The van der Waals surface area contributed by atoms with Crippen molar-refractivity contribution in [1.82, 2.24) is 24.9 Å². The Kier molecular flexibility index (Phi) is 5.71. The van der Waals surface area contributed by atoms with E-state index in [0.29, 0.717) is 24.3 Å². The maximum atomic E-state index is 13.8. The van der Waals surface area contributed by atoms with Gasteiger partial charge in [-0.1, -0.05) is 24.3 Å². The van der Waals surface area contributed by atoms with Gasteiger partial charge in [0, 0.05) is 43.2 Å². The summed E-state index contributed by atoms with van der Waals surface area (Å²) in [5.74, 6) is 0.368. The molecule has 1 amide bonds. The molecule has 1 saturated heterocycles. The van der Waals surface area contributed by atoms with Crippen LogP contribution in [0.2, 0.25) is 0 Å². The van der Waals surface area contributed by atoms with Crippen LogP contribution in [0.3, 0.4) is 0 Å². The van der Waals surface area contributed by atoms with E-state index in [-0.39, 0.29) is 11.7 Å². The molecule has 0 atom stereocenters. The first-order chi connectivity index (χ1) is 15.7. The Hall–Kier alpha value is -3.48. The number of hydrogen-bond donors (Lipinski definition) is 1. The monoisotopic (exact) mass is 431 g/mol. The Bertz CT molecular complexity index is 1210. The summed E-state index contributed by atoms with van der Waals surface area (Å²) in [7, 11) is 0. The number of halogens is 1. The Morgan fingerprint density at radius 2 is 1.94 bits per heavy atom. The maximum Gasteiger partial charge on any atom is 0.222 e. The van der Waals surface area contributed by atoms with E-state index in [1.165, 1.54) is 6.07 Å². The fraction of sp³-hybridized carbons (Fsp3) is 0.320. The van der Waals surface area contributed by atoms with E-state index in [2.05, 4.69) is 38.2 Å². The van der Waals surface area contributed by atoms with Gasteiger partial charge in [0.2, 0.25) is 5.91 Å². The molecule has 1 N–H and O–H groups in total. The summed E-state index contributed by atoms with van der Waals surface area (Å²) in [5, 5.41) is 12.6. The van der Waals surface area contributed by atoms with Gasteiger partial charge in [0.25, 0.3) is 0 Å². The molecule has 0 radical (unpaired) electrons. The van der Waals surface area contributed by atoms with E-state index in [1.807, 2.05) is 29.6 Å². The van der Waals surface area contributed by atoms with E-state index >= 15 is 0 Å². The second-order valence-corrected chi connectivity index (χ2v) is 8.50. The van der Waals surface area contributed by atoms with Crippen LogP contribution in [-0.4, -0.2) is 43.9 Å². The van der Waals surface area contributed by atoms with Crippen molar-refractivity contribution in [3.8, 4) is 11.1 Å². The average Bonchev–Trinajstić information content (AvgIpc) is 3.49. The number of piperidine rings is 1. The van der Waals surface area contributed by atoms with Crippen LogP contribution >= 0.6 is 0 Å². The van der Waals surface area contributed by atoms with Crippen LogP contribution in [0.1, 0.15) is 24.8 Å². The lowest BCUT2D eigenvalue weighted by Crippen LogP contribution is -2.39. The average molecular weight is 432 g/mol. The van der Waals surface area contributed by atoms with E-state index in [9.17, 15) is 9.18 Å². The highest BCUT2D eigenvalue weighted by Crippen LogP contribution is 2.26. The Labute approximate surface area is 186 Å². The number of likely N-dealkylation sites (tertiary alicyclic amines) is 1. The van der Waals surface area contributed by atoms with Gasteiger partial charge in [0.05, 0.1) is 17.9 Å². The number of rotatable bonds is 6. The second kappa shape index (κ2) is 8.94. The molecule has 2 aromatic heterocycles. The maximum absolute atomic E-state index is 13.8. The minimum Gasteiger partial charge on any atom is -0.343 e. The molecule has 0 aliphatic carbocycles. The summed E-state index contributed by atoms with van der Waals surface area (Å²) in [6.45, 7) is 2.36. The molecule has 0 unspecified atom stereocenters. The van der Waals surface area contributed by atoms with E-state index < -0.39 is 0 Å². The molecule has 0 spiro atoms. The third-order valence-electron chi connectivity index (χ3n) is 6.44. The number of aryl methyl sites for hydroxylation is 1. The molecule has 3 heterocycles. The van der Waals surface area contributed by atoms with Crippen molar-refractivity contribution in [3.05, 3.63) is 72.4 Å². The number of aromatic nitrogens is 4. The molecule has 6 nitrogen and oxygen atoms in total. The van der Waals surface area contributed by atoms with Crippen molar-refractivity contribution in [2.45, 2.75) is 32.2 Å². The van der Waals surface area contributed by atoms with Gasteiger partial charge >= 0.3 is 0 Å². The molecule has 4 aromatic rings. The highest BCUT2D eigenvalue weighted by Gasteiger charge is 2.23. The lowest BCUT2D eigenvalue weighted by molar-refractivity contribution is -0.132. The predicted octanol–water partition coefficient (Wildman–Crippen LogP) is 4.44. The number of carbonyl (C=O) groups is 1. The van der Waals surface area contributed by atoms with Crippen LogP contribution in [0.4, 0.5) is 4.39 Å². The number of hydrogen-bond acceptors (Lipinski definition) is 3. The fourth-order valence-corrected chi connectivity index (χ4v) is 4.53. The van der Waals surface area contributed by atoms with Crippen molar-refractivity contribution in [1.29, 1.82) is 0 Å². The molecule has 32 heavy (non-hydrogen) atoms. The first-order valence-electron chi connectivity index (χ1n) is 11.1. The SMILES string of the molecule is O=C(CCc1ccccc1F)N1CCC(Cn2ncc3cc(-c4cn[nH]c4)ccc32)CC1. The number of carbonyl (C=O) groups excluding carboxylic acids is 1. The van der Waals surface area contributed by atoms with Gasteiger partial charge in [-0.3, -0.25) is 14.6 Å². The van der Waals surface area contributed by atoms with Crippen LogP contribution in [0, 0.1) is 11.7 Å². The number of aromatic amines is 1. The normalized spacial score (nSPS) is 14.8. The summed E-state index contributed by atoms with van der Waals surface area (Å²) in [5.41, 5.74) is 3.91. The first-order valence-corrected chi connectivity index (χ1v) is 11.1. The molecule has 1 aliphatic heterocycles. The van der Waals surface area contributed by atoms with Gasteiger partial charge in [-0.2, -0.15) is 10.2 Å². The van der Waals surface area contributed by atoms with Crippen LogP contribution < -0.4 is 0 Å². The topological polar surface area (TPSA) is 66.8 Å². The Balaban J connectivity index is 1.16. The summed E-state index contributed by atoms with van der Waals surface area (Å²) < 4.78 is 15.9. The van der Waals surface area contributed by atoms with Crippen molar-refractivity contribution >= 4 is 16.8 Å². The largest absolute Gasteiger partial charge is 0.343 e. The third-order valence-corrected chi connectivity index (χ3v) is 6.44. The van der Waals surface area contributed by atoms with E-state index in [0.717, 1.165) is 54.5 Å². The summed E-state index contributed by atoms with van der Waals surface area (Å²) in [6.07, 6.45) is 8.34. The molecular formula is C25H26FN5O. The van der Waals surface area contributed by atoms with Gasteiger partial charge in [-0.05, 0) is 54.5 Å². The van der Waals surface area contributed by atoms with Crippen LogP contribution in [0.15, 0.2) is 61.1 Å². The zero-order chi connectivity index (χ0) is 21.9. The number of amides is 1. The lowest BCUT2D eigenvalue weighted by Gasteiger charge is -2.32. The van der Waals surface area contributed by atoms with Crippen molar-refractivity contribution in [3.63, 3.8) is 0 Å². The van der Waals surface area contributed by atoms with Crippen LogP contribution in [0.25, 0.3) is 22.0 Å². The quantitative estimate of drug-likeness (QED) is 0.491. The van der Waals surface area contributed by atoms with Crippen molar-refractivity contribution in [2.24, 2.45) is 5.92 Å². The second-order valence-electron chi connectivity index (χ2n) is 8.50. The zero-order valence-electron chi connectivity index (χ0n) is 17.9. The van der Waals surface area contributed by atoms with Gasteiger partial charge in [-0.25, -0.2) is 4.39 Å². The highest BCUT2D eigenvalue weighted by atomic mass is 19.1. The molecule has 0 saturated carbocycles. The van der Waals surface area contributed by atoms with Gasteiger partial charge in [0.15, 0.2) is 0 Å². The molecular weight excluding hydrogens is 405 g/mol. The number of fused-ring (bicyclic) bond motifs is 1. The van der Waals surface area contributed by atoms with Crippen LogP contribution in [-0.2, 0) is 17.8 Å². The summed E-state index contributed by atoms with van der Waals surface area (Å²) in [4.78, 5) is 14.5. The Morgan fingerprint density at radius 1 is 1.09 bits per heavy atom. The van der Waals surface area contributed by atoms with E-state index in [1.54, 1.807) is 12.1 Å². The zero-order valence-corrected chi connectivity index (χ0v) is 17.9. The molecule has 164 valence electrons. The lowest BCUT2D eigenvalue weighted by atomic mass is 9.96. The smallest absolute Gasteiger partial charge is 0.222 e. The number of H-pyrrole nitrogens is 1. The van der Waals surface area contributed by atoms with Gasteiger partial charge in [-0.15, -0.1) is 0 Å². The Morgan fingerprint density at radius 3 is 2.72 bits per heavy atom. The minimum atomic E-state index is -0.234. The first kappa shape index (κ1) is 20.4. The third kappa shape index (κ3) is 4.28. The number of nitrogens with zero attached hydrogens (tertiary/aromatic N) is 4. The van der Waals surface area contributed by atoms with E-state index in [4.69, 9.17) is 0 Å². The standard InChI is InChI=1S/C25H26FN5O/c26-23-4-2-1-3-19(23)6-8-25(32)30-11-9-18(10-12-30)17-31-24-7-5-20(13-21(24)16-29-31)22-14-27-28-15-22/h1-5,7,13-16,18H,6,8-12,17H2,(H,27,28). The highest BCUT2D eigenvalue weighted by molar-refractivity contribution is 5.84. The van der Waals surface area contributed by atoms with Crippen molar-refractivity contribution in [2.75, 3.05) is 13.1 Å². The summed E-state index contributed by atoms with van der Waals surface area (Å²) in [6, 6.07) is 13.0. The fourth-order valence-electron chi connectivity index (χ4n) is 4.53. The molecule has 2 aromatic carbocycles. The molecule has 7 heteroatoms. The molecule has 1 fully saturated rings. The van der Waals surface area contributed by atoms with Gasteiger partial charge in [0.1, 0.15) is 5.82 Å². The molecule has 5 rings (SSSR count).